The molecule has 1 aromatic carbocycles. The van der Waals surface area contributed by atoms with Gasteiger partial charge in [-0.3, -0.25) is 4.79 Å². The molecule has 0 atom stereocenters. The summed E-state index contributed by atoms with van der Waals surface area (Å²) >= 11 is 8.19. The number of benzene rings is 1. The van der Waals surface area contributed by atoms with Gasteiger partial charge in [0.25, 0.3) is 0 Å². The zero-order valence-electron chi connectivity index (χ0n) is 7.61. The van der Waals surface area contributed by atoms with Crippen LogP contribution in [0.3, 0.4) is 0 Å². The van der Waals surface area contributed by atoms with Gasteiger partial charge in [0.15, 0.2) is 5.78 Å². The summed E-state index contributed by atoms with van der Waals surface area (Å²) in [5.74, 6) is -1.73. The lowest BCUT2D eigenvalue weighted by Gasteiger charge is -2.13. The number of hydrogen-bond acceptors (Lipinski definition) is 2. The molecule has 0 aliphatic rings. The third-order valence-corrected chi connectivity index (χ3v) is 2.65. The molecule has 0 aliphatic carbocycles. The third kappa shape index (κ3) is 2.49. The maximum Gasteiger partial charge on any atom is 0.417 e. The Balaban J connectivity index is 3.51. The molecular weight excluding hydrogens is 312 g/mol. The van der Waals surface area contributed by atoms with Crippen LogP contribution < -0.4 is 0 Å². The Morgan fingerprint density at radius 2 is 2.00 bits per heavy atom. The van der Waals surface area contributed by atoms with Crippen molar-refractivity contribution < 1.29 is 23.1 Å². The summed E-state index contributed by atoms with van der Waals surface area (Å²) in [5.41, 5.74) is -2.00. The first-order chi connectivity index (χ1) is 7.29. The van der Waals surface area contributed by atoms with Gasteiger partial charge in [-0.1, -0.05) is 27.5 Å². The molecule has 1 rings (SSSR count). The number of Topliss-reactive ketones (excluding diaryl/α,β-unsaturated/α-hetero) is 1. The molecule has 0 amide bonds. The molecule has 1 aromatic rings. The number of hydrogen-bond donors (Lipinski definition) is 1. The van der Waals surface area contributed by atoms with Crippen molar-refractivity contribution in [3.05, 3.63) is 28.3 Å². The molecule has 0 heterocycles. The van der Waals surface area contributed by atoms with E-state index in [2.05, 4.69) is 15.9 Å². The first-order valence-electron chi connectivity index (χ1n) is 3.97. The highest BCUT2D eigenvalue weighted by molar-refractivity contribution is 9.09. The normalized spacial score (nSPS) is 11.6. The molecule has 0 aliphatic heterocycles. The van der Waals surface area contributed by atoms with Gasteiger partial charge in [0.05, 0.1) is 21.5 Å². The molecule has 0 fully saturated rings. The van der Waals surface area contributed by atoms with Crippen molar-refractivity contribution in [2.45, 2.75) is 6.18 Å². The van der Waals surface area contributed by atoms with Crippen molar-refractivity contribution in [3.63, 3.8) is 0 Å². The van der Waals surface area contributed by atoms with Crippen LogP contribution in [0.4, 0.5) is 13.2 Å². The van der Waals surface area contributed by atoms with E-state index in [1.54, 1.807) is 0 Å². The largest absolute Gasteiger partial charge is 0.506 e. The monoisotopic (exact) mass is 316 g/mol. The first-order valence-corrected chi connectivity index (χ1v) is 5.46. The van der Waals surface area contributed by atoms with Crippen LogP contribution in [-0.4, -0.2) is 16.2 Å². The van der Waals surface area contributed by atoms with Crippen LogP contribution in [0.15, 0.2) is 12.1 Å². The van der Waals surface area contributed by atoms with Gasteiger partial charge in [-0.15, -0.1) is 0 Å². The Morgan fingerprint density at radius 1 is 1.44 bits per heavy atom. The number of carbonyl (C=O) groups is 1. The standard InChI is InChI=1S/C9H5BrClF3O2/c10-3-6(15)7-4(9(12,13)14)1-2-5(11)8(7)16/h1-2,16H,3H2. The lowest BCUT2D eigenvalue weighted by atomic mass is 10.0. The molecule has 0 aromatic heterocycles. The smallest absolute Gasteiger partial charge is 0.417 e. The van der Waals surface area contributed by atoms with Gasteiger partial charge in [0, 0.05) is 0 Å². The molecule has 0 saturated carbocycles. The van der Waals surface area contributed by atoms with Gasteiger partial charge in [0.1, 0.15) is 5.75 Å². The van der Waals surface area contributed by atoms with Crippen LogP contribution in [0, 0.1) is 0 Å². The maximum atomic E-state index is 12.5. The minimum atomic E-state index is -4.71. The Hall–Kier alpha value is -0.750. The number of carbonyl (C=O) groups excluding carboxylic acids is 1. The van der Waals surface area contributed by atoms with Crippen molar-refractivity contribution in [1.29, 1.82) is 0 Å². The predicted octanol–water partition coefficient (Wildman–Crippen LogP) is 3.64. The molecule has 0 unspecified atom stereocenters. The van der Waals surface area contributed by atoms with E-state index in [0.717, 1.165) is 6.07 Å². The third-order valence-electron chi connectivity index (χ3n) is 1.83. The van der Waals surface area contributed by atoms with Gasteiger partial charge in [0.2, 0.25) is 0 Å². The zero-order chi connectivity index (χ0) is 12.5. The van der Waals surface area contributed by atoms with Gasteiger partial charge in [-0.2, -0.15) is 13.2 Å². The molecule has 7 heteroatoms. The second-order valence-corrected chi connectivity index (χ2v) is 3.84. The van der Waals surface area contributed by atoms with Crippen molar-refractivity contribution >= 4 is 33.3 Å². The molecule has 88 valence electrons. The minimum Gasteiger partial charge on any atom is -0.506 e. The Labute approximate surface area is 102 Å². The van der Waals surface area contributed by atoms with Gasteiger partial charge >= 0.3 is 6.18 Å². The second kappa shape index (κ2) is 4.63. The minimum absolute atomic E-state index is 0.294. The highest BCUT2D eigenvalue weighted by Crippen LogP contribution is 2.39. The van der Waals surface area contributed by atoms with Crippen LogP contribution >= 0.6 is 27.5 Å². The van der Waals surface area contributed by atoms with E-state index in [4.69, 9.17) is 11.6 Å². The molecular formula is C9H5BrClF3O2. The summed E-state index contributed by atoms with van der Waals surface area (Å²) < 4.78 is 37.6. The molecule has 2 nitrogen and oxygen atoms in total. The van der Waals surface area contributed by atoms with Gasteiger partial charge in [-0.25, -0.2) is 0 Å². The SMILES string of the molecule is O=C(CBr)c1c(C(F)(F)F)ccc(Cl)c1O. The number of aromatic hydroxyl groups is 1. The highest BCUT2D eigenvalue weighted by atomic mass is 79.9. The number of halogens is 5. The number of phenols is 1. The molecule has 0 saturated heterocycles. The van der Waals surface area contributed by atoms with Crippen LogP contribution in [0.5, 0.6) is 5.75 Å². The average Bonchev–Trinajstić information content (AvgIpc) is 2.19. The van der Waals surface area contributed by atoms with Crippen LogP contribution in [0.1, 0.15) is 15.9 Å². The van der Waals surface area contributed by atoms with Gasteiger partial charge in [-0.05, 0) is 12.1 Å². The zero-order valence-corrected chi connectivity index (χ0v) is 9.95. The fourth-order valence-corrected chi connectivity index (χ4v) is 1.59. The highest BCUT2D eigenvalue weighted by Gasteiger charge is 2.37. The second-order valence-electron chi connectivity index (χ2n) is 2.87. The Morgan fingerprint density at radius 3 is 2.44 bits per heavy atom. The number of phenolic OH excluding ortho intramolecular Hbond substituents is 1. The maximum absolute atomic E-state index is 12.5. The van der Waals surface area contributed by atoms with E-state index in [0.29, 0.717) is 6.07 Å². The summed E-state index contributed by atoms with van der Waals surface area (Å²) in [5, 5.41) is 8.75. The van der Waals surface area contributed by atoms with Crippen molar-refractivity contribution in [1.82, 2.24) is 0 Å². The van der Waals surface area contributed by atoms with E-state index in [9.17, 15) is 23.1 Å². The van der Waals surface area contributed by atoms with E-state index in [1.165, 1.54) is 0 Å². The number of rotatable bonds is 2. The lowest BCUT2D eigenvalue weighted by molar-refractivity contribution is -0.138. The lowest BCUT2D eigenvalue weighted by Crippen LogP contribution is -2.14. The molecule has 0 radical (unpaired) electrons. The fourth-order valence-electron chi connectivity index (χ4n) is 1.15. The summed E-state index contributed by atoms with van der Waals surface area (Å²) in [7, 11) is 0. The van der Waals surface area contributed by atoms with Gasteiger partial charge < -0.3 is 5.11 Å². The van der Waals surface area contributed by atoms with Crippen molar-refractivity contribution in [2.75, 3.05) is 5.33 Å². The Kier molecular flexibility index (Phi) is 3.85. The van der Waals surface area contributed by atoms with Crippen molar-refractivity contribution in [2.24, 2.45) is 0 Å². The van der Waals surface area contributed by atoms with Crippen LogP contribution in [0.2, 0.25) is 5.02 Å². The molecule has 0 spiro atoms. The van der Waals surface area contributed by atoms with E-state index < -0.39 is 28.8 Å². The van der Waals surface area contributed by atoms with Crippen molar-refractivity contribution in [3.8, 4) is 5.75 Å². The quantitative estimate of drug-likeness (QED) is 0.668. The summed E-state index contributed by atoms with van der Waals surface area (Å²) in [4.78, 5) is 11.3. The average molecular weight is 317 g/mol. The number of alkyl halides is 4. The van der Waals surface area contributed by atoms with Crippen LogP contribution in [0.25, 0.3) is 0 Å². The molecule has 1 N–H and O–H groups in total. The number of ketones is 1. The molecule has 16 heavy (non-hydrogen) atoms. The summed E-state index contributed by atoms with van der Waals surface area (Å²) in [6, 6.07) is 1.56. The van der Waals surface area contributed by atoms with E-state index in [1.807, 2.05) is 0 Å². The Bertz CT molecular complexity index is 431. The fraction of sp³-hybridized carbons (Fsp3) is 0.222. The van der Waals surface area contributed by atoms with E-state index >= 15 is 0 Å². The topological polar surface area (TPSA) is 37.3 Å². The summed E-state index contributed by atoms with van der Waals surface area (Å²) in [6.45, 7) is 0. The van der Waals surface area contributed by atoms with Crippen LogP contribution in [-0.2, 0) is 6.18 Å². The predicted molar refractivity (Wildman–Crippen MR) is 56.2 cm³/mol. The first kappa shape index (κ1) is 13.3. The molecule has 0 bridgehead atoms. The van der Waals surface area contributed by atoms with E-state index in [-0.39, 0.29) is 10.4 Å². The summed E-state index contributed by atoms with van der Waals surface area (Å²) in [6.07, 6.45) is -4.71.